The Bertz CT molecular complexity index is 872. The van der Waals surface area contributed by atoms with Crippen LogP contribution in [0.1, 0.15) is 11.3 Å². The van der Waals surface area contributed by atoms with Crippen LogP contribution in [-0.2, 0) is 11.3 Å². The summed E-state index contributed by atoms with van der Waals surface area (Å²) in [5.41, 5.74) is 2.88. The monoisotopic (exact) mass is 352 g/mol. The number of aromatic nitrogens is 1. The Balaban J connectivity index is 1.51. The van der Waals surface area contributed by atoms with Gasteiger partial charge < -0.3 is 19.3 Å². The summed E-state index contributed by atoms with van der Waals surface area (Å²) in [6, 6.07) is 17.0. The van der Waals surface area contributed by atoms with Gasteiger partial charge in [-0.1, -0.05) is 47.1 Å². The van der Waals surface area contributed by atoms with Crippen molar-refractivity contribution in [1.29, 1.82) is 0 Å². The van der Waals surface area contributed by atoms with Crippen LogP contribution in [0.5, 0.6) is 11.5 Å². The Hall–Kier alpha value is -3.28. The Morgan fingerprint density at radius 1 is 1.12 bits per heavy atom. The molecule has 2 aromatic carbocycles. The molecular formula is C20H20N2O4. The molecule has 3 aromatic rings. The van der Waals surface area contributed by atoms with Crippen molar-refractivity contribution in [3.05, 3.63) is 65.9 Å². The van der Waals surface area contributed by atoms with Gasteiger partial charge in [0.25, 0.3) is 5.91 Å². The number of ether oxygens (including phenoxy) is 2. The number of hydrogen-bond donors (Lipinski definition) is 1. The molecule has 26 heavy (non-hydrogen) atoms. The van der Waals surface area contributed by atoms with Gasteiger partial charge in [-0.2, -0.15) is 0 Å². The zero-order chi connectivity index (χ0) is 18.4. The molecule has 1 N–H and O–H groups in total. The van der Waals surface area contributed by atoms with E-state index in [0.29, 0.717) is 17.3 Å². The second-order valence-electron chi connectivity index (χ2n) is 5.76. The Morgan fingerprint density at radius 3 is 2.58 bits per heavy atom. The number of amides is 1. The van der Waals surface area contributed by atoms with Crippen molar-refractivity contribution in [2.24, 2.45) is 0 Å². The molecule has 3 rings (SSSR count). The number of aryl methyl sites for hydroxylation is 1. The maximum absolute atomic E-state index is 12.0. The summed E-state index contributed by atoms with van der Waals surface area (Å²) in [4.78, 5) is 12.0. The molecule has 6 heteroatoms. The van der Waals surface area contributed by atoms with E-state index in [9.17, 15) is 4.79 Å². The van der Waals surface area contributed by atoms with E-state index in [-0.39, 0.29) is 19.1 Å². The van der Waals surface area contributed by atoms with Gasteiger partial charge in [0.1, 0.15) is 5.69 Å². The van der Waals surface area contributed by atoms with E-state index in [1.54, 1.807) is 19.2 Å². The standard InChI is InChI=1S/C20H20N2O4/c1-14-7-9-15(10-8-14)17-11-16(26-22-17)12-21-20(23)13-25-19-6-4-3-5-18(19)24-2/h3-11H,12-13H2,1-2H3,(H,21,23). The van der Waals surface area contributed by atoms with Gasteiger partial charge in [0.05, 0.1) is 13.7 Å². The third-order valence-corrected chi connectivity index (χ3v) is 3.79. The van der Waals surface area contributed by atoms with Crippen LogP contribution in [0.2, 0.25) is 0 Å². The molecular weight excluding hydrogens is 332 g/mol. The predicted molar refractivity (Wildman–Crippen MR) is 97.0 cm³/mol. The number of benzene rings is 2. The molecule has 0 bridgehead atoms. The van der Waals surface area contributed by atoms with Crippen LogP contribution >= 0.6 is 0 Å². The number of carbonyl (C=O) groups excluding carboxylic acids is 1. The number of nitrogens with one attached hydrogen (secondary N) is 1. The lowest BCUT2D eigenvalue weighted by molar-refractivity contribution is -0.123. The lowest BCUT2D eigenvalue weighted by Crippen LogP contribution is -2.28. The molecule has 0 fully saturated rings. The lowest BCUT2D eigenvalue weighted by Gasteiger charge is -2.09. The minimum Gasteiger partial charge on any atom is -0.493 e. The summed E-state index contributed by atoms with van der Waals surface area (Å²) < 4.78 is 15.9. The number of para-hydroxylation sites is 2. The first-order valence-electron chi connectivity index (χ1n) is 8.21. The Labute approximate surface area is 151 Å². The fourth-order valence-electron chi connectivity index (χ4n) is 2.37. The first kappa shape index (κ1) is 17.5. The molecule has 0 aliphatic rings. The highest BCUT2D eigenvalue weighted by Crippen LogP contribution is 2.25. The number of rotatable bonds is 7. The molecule has 0 saturated heterocycles. The summed E-state index contributed by atoms with van der Waals surface area (Å²) in [7, 11) is 1.55. The van der Waals surface area contributed by atoms with Crippen LogP contribution in [0.25, 0.3) is 11.3 Å². The third-order valence-electron chi connectivity index (χ3n) is 3.79. The zero-order valence-corrected chi connectivity index (χ0v) is 14.7. The van der Waals surface area contributed by atoms with E-state index < -0.39 is 0 Å². The van der Waals surface area contributed by atoms with Gasteiger partial charge in [-0.3, -0.25) is 4.79 Å². The molecule has 1 amide bonds. The first-order valence-corrected chi connectivity index (χ1v) is 8.21. The summed E-state index contributed by atoms with van der Waals surface area (Å²) in [5, 5.41) is 6.78. The van der Waals surface area contributed by atoms with E-state index in [4.69, 9.17) is 14.0 Å². The van der Waals surface area contributed by atoms with Gasteiger partial charge in [-0.05, 0) is 19.1 Å². The van der Waals surface area contributed by atoms with Crippen molar-refractivity contribution in [3.63, 3.8) is 0 Å². The van der Waals surface area contributed by atoms with E-state index in [2.05, 4.69) is 10.5 Å². The molecule has 0 unspecified atom stereocenters. The summed E-state index contributed by atoms with van der Waals surface area (Å²) in [5.74, 6) is 1.42. The molecule has 0 atom stereocenters. The highest BCUT2D eigenvalue weighted by Gasteiger charge is 2.10. The third kappa shape index (κ3) is 4.42. The van der Waals surface area contributed by atoms with E-state index in [1.807, 2.05) is 49.4 Å². The quantitative estimate of drug-likeness (QED) is 0.706. The van der Waals surface area contributed by atoms with E-state index in [0.717, 1.165) is 11.3 Å². The second-order valence-corrected chi connectivity index (χ2v) is 5.76. The lowest BCUT2D eigenvalue weighted by atomic mass is 10.1. The molecule has 1 heterocycles. The SMILES string of the molecule is COc1ccccc1OCC(=O)NCc1cc(-c2ccc(C)cc2)no1. The van der Waals surface area contributed by atoms with Crippen molar-refractivity contribution in [2.75, 3.05) is 13.7 Å². The topological polar surface area (TPSA) is 73.6 Å². The Morgan fingerprint density at radius 2 is 1.85 bits per heavy atom. The fourth-order valence-corrected chi connectivity index (χ4v) is 2.37. The number of carbonyl (C=O) groups is 1. The van der Waals surface area contributed by atoms with Crippen molar-refractivity contribution >= 4 is 5.91 Å². The second kappa shape index (κ2) is 8.20. The van der Waals surface area contributed by atoms with Gasteiger partial charge in [-0.25, -0.2) is 0 Å². The first-order chi connectivity index (χ1) is 12.7. The van der Waals surface area contributed by atoms with E-state index >= 15 is 0 Å². The minimum absolute atomic E-state index is 0.112. The van der Waals surface area contributed by atoms with Gasteiger partial charge >= 0.3 is 0 Å². The van der Waals surface area contributed by atoms with Gasteiger partial charge in [0.2, 0.25) is 0 Å². The van der Waals surface area contributed by atoms with Crippen LogP contribution in [0.4, 0.5) is 0 Å². The number of methoxy groups -OCH3 is 1. The maximum atomic E-state index is 12.0. The molecule has 134 valence electrons. The smallest absolute Gasteiger partial charge is 0.258 e. The molecule has 0 aliphatic heterocycles. The summed E-state index contributed by atoms with van der Waals surface area (Å²) in [6.07, 6.45) is 0. The summed E-state index contributed by atoms with van der Waals surface area (Å²) >= 11 is 0. The molecule has 1 aromatic heterocycles. The number of hydrogen-bond acceptors (Lipinski definition) is 5. The van der Waals surface area contributed by atoms with E-state index in [1.165, 1.54) is 5.56 Å². The van der Waals surface area contributed by atoms with Crippen LogP contribution < -0.4 is 14.8 Å². The largest absolute Gasteiger partial charge is 0.493 e. The number of nitrogens with zero attached hydrogens (tertiary/aromatic N) is 1. The van der Waals surface area contributed by atoms with Crippen molar-refractivity contribution in [1.82, 2.24) is 10.5 Å². The summed E-state index contributed by atoms with van der Waals surface area (Å²) in [6.45, 7) is 2.16. The minimum atomic E-state index is -0.260. The van der Waals surface area contributed by atoms with Crippen LogP contribution in [-0.4, -0.2) is 24.8 Å². The van der Waals surface area contributed by atoms with Crippen molar-refractivity contribution < 1.29 is 18.8 Å². The van der Waals surface area contributed by atoms with Crippen molar-refractivity contribution in [2.45, 2.75) is 13.5 Å². The van der Waals surface area contributed by atoms with Gasteiger partial charge in [0.15, 0.2) is 23.9 Å². The molecule has 0 radical (unpaired) electrons. The fraction of sp³-hybridized carbons (Fsp3) is 0.200. The average molecular weight is 352 g/mol. The molecule has 0 aliphatic carbocycles. The normalized spacial score (nSPS) is 10.4. The van der Waals surface area contributed by atoms with Crippen LogP contribution in [0.3, 0.4) is 0 Å². The van der Waals surface area contributed by atoms with Crippen LogP contribution in [0, 0.1) is 6.92 Å². The van der Waals surface area contributed by atoms with Crippen LogP contribution in [0.15, 0.2) is 59.1 Å². The predicted octanol–water partition coefficient (Wildman–Crippen LogP) is 3.35. The molecule has 6 nitrogen and oxygen atoms in total. The Kier molecular flexibility index (Phi) is 5.53. The molecule has 0 saturated carbocycles. The van der Waals surface area contributed by atoms with Gasteiger partial charge in [0, 0.05) is 11.6 Å². The zero-order valence-electron chi connectivity index (χ0n) is 14.7. The highest BCUT2D eigenvalue weighted by molar-refractivity contribution is 5.77. The highest BCUT2D eigenvalue weighted by atomic mass is 16.5. The maximum Gasteiger partial charge on any atom is 0.258 e. The molecule has 0 spiro atoms. The van der Waals surface area contributed by atoms with Gasteiger partial charge in [-0.15, -0.1) is 0 Å². The van der Waals surface area contributed by atoms with Crippen molar-refractivity contribution in [3.8, 4) is 22.8 Å². The average Bonchev–Trinajstić information content (AvgIpc) is 3.14.